The maximum Gasteiger partial charge on any atom is 2.00 e. The summed E-state index contributed by atoms with van der Waals surface area (Å²) in [6.45, 7) is 0. The molecule has 2 aromatic heterocycles. The first-order chi connectivity index (χ1) is 18.2. The Balaban J connectivity index is -0.000000529. The third kappa shape index (κ3) is 20.2. The van der Waals surface area contributed by atoms with Crippen molar-refractivity contribution in [3.05, 3.63) is 151 Å². The first-order valence-corrected chi connectivity index (χ1v) is 10.4. The van der Waals surface area contributed by atoms with Gasteiger partial charge in [0.1, 0.15) is 11.4 Å². The average Bonchev–Trinajstić information content (AvgIpc) is 2.91. The second-order valence-electron chi connectivity index (χ2n) is 6.52. The zero-order chi connectivity index (χ0) is 28.2. The molecule has 2 amide bonds. The number of pyridine rings is 2. The molecule has 41 heavy (non-hydrogen) atoms. The molecule has 17 heteroatoms. The van der Waals surface area contributed by atoms with E-state index in [9.17, 15) is 9.59 Å². The normalized spacial score (nSPS) is 8.20. The Morgan fingerprint density at radius 3 is 1.05 bits per heavy atom. The van der Waals surface area contributed by atoms with Crippen molar-refractivity contribution in [1.29, 1.82) is 0 Å². The minimum Gasteiger partial charge on any atom is -0.412 e. The molecule has 6 N–H and O–H groups in total. The number of anilines is 2. The van der Waals surface area contributed by atoms with Crippen LogP contribution in [0.3, 0.4) is 0 Å². The Morgan fingerprint density at radius 1 is 0.537 bits per heavy atom. The summed E-state index contributed by atoms with van der Waals surface area (Å²) in [4.78, 5) is 47.7. The van der Waals surface area contributed by atoms with Crippen molar-refractivity contribution < 1.29 is 47.8 Å². The molecule has 0 fully saturated rings. The summed E-state index contributed by atoms with van der Waals surface area (Å²) in [6, 6.07) is 29.1. The Labute approximate surface area is 243 Å². The molecule has 16 nitrogen and oxygen atoms in total. The molecule has 0 bridgehead atoms. The van der Waals surface area contributed by atoms with E-state index in [0.717, 1.165) is 11.4 Å². The molecule has 0 aliphatic heterocycles. The number of hydrogen-bond donors (Lipinski definition) is 2. The molecule has 0 saturated heterocycles. The first-order valence-electron chi connectivity index (χ1n) is 10.4. The van der Waals surface area contributed by atoms with Crippen LogP contribution in [0, 0.1) is 30.6 Å². The summed E-state index contributed by atoms with van der Waals surface area (Å²) in [6.07, 6.45) is 3.19. The van der Waals surface area contributed by atoms with E-state index in [4.69, 9.17) is 30.6 Å². The van der Waals surface area contributed by atoms with Crippen LogP contribution >= 0.6 is 0 Å². The Morgan fingerprint density at radius 2 is 0.805 bits per heavy atom. The van der Waals surface area contributed by atoms with Crippen LogP contribution in [0.25, 0.3) is 0 Å². The van der Waals surface area contributed by atoms with E-state index < -0.39 is 10.2 Å². The summed E-state index contributed by atoms with van der Waals surface area (Å²) in [7, 11) is 0. The number of nitrogens with zero attached hydrogens (tertiary/aromatic N) is 4. The number of carbonyl (C=O) groups is 2. The fourth-order valence-electron chi connectivity index (χ4n) is 2.43. The zero-order valence-electron chi connectivity index (χ0n) is 20.7. The molecule has 4 rings (SSSR count). The van der Waals surface area contributed by atoms with Gasteiger partial charge in [0, 0.05) is 23.8 Å². The zero-order valence-corrected chi connectivity index (χ0v) is 21.7. The Hall–Kier alpha value is -5.48. The topological polar surface area (TPSA) is 279 Å². The molecule has 0 aliphatic carbocycles. The fourth-order valence-corrected chi connectivity index (χ4v) is 2.43. The van der Waals surface area contributed by atoms with Crippen LogP contribution in [-0.2, 0) is 17.1 Å². The van der Waals surface area contributed by atoms with Gasteiger partial charge in [0.25, 0.3) is 11.8 Å². The summed E-state index contributed by atoms with van der Waals surface area (Å²) in [5.41, 5.74) is 2.38. The minimum absolute atomic E-state index is 0. The summed E-state index contributed by atoms with van der Waals surface area (Å²) in [5.74, 6) is -0.386. The molecule has 0 saturated carbocycles. The molecule has 4 aromatic rings. The van der Waals surface area contributed by atoms with Gasteiger partial charge in [-0.05, 0) is 48.5 Å². The van der Waals surface area contributed by atoms with Crippen LogP contribution in [0.15, 0.2) is 109 Å². The molecule has 0 atom stereocenters. The molecule has 0 spiro atoms. The van der Waals surface area contributed by atoms with E-state index in [-0.39, 0.29) is 39.8 Å². The quantitative estimate of drug-likeness (QED) is 0.191. The maximum absolute atomic E-state index is 11.6. The summed E-state index contributed by atoms with van der Waals surface area (Å²) >= 11 is 0. The van der Waals surface area contributed by atoms with Crippen LogP contribution < -0.4 is 10.6 Å². The molecule has 2 heterocycles. The van der Waals surface area contributed by atoms with Crippen molar-refractivity contribution in [3.8, 4) is 0 Å². The molecule has 221 valence electrons. The van der Waals surface area contributed by atoms with Crippen LogP contribution in [0.2, 0.25) is 0 Å². The SMILES string of the molecule is O.O.O=C(Nc1ccccc1)c1ccccn1.O=C(Nc1ccccc1)c1ccccn1.O=[N+]([O-])[O-].O=[N+]([O-])[O-].[Cu+2]. The van der Waals surface area contributed by atoms with E-state index in [1.807, 2.05) is 60.7 Å². The predicted octanol–water partition coefficient (Wildman–Crippen LogP) is 2.54. The van der Waals surface area contributed by atoms with Gasteiger partial charge in [0.2, 0.25) is 0 Å². The third-order valence-electron chi connectivity index (χ3n) is 3.86. The minimum atomic E-state index is -1.75. The Bertz CT molecular complexity index is 1170. The van der Waals surface area contributed by atoms with Gasteiger partial charge in [-0.2, -0.15) is 0 Å². The maximum atomic E-state index is 11.6. The van der Waals surface area contributed by atoms with Gasteiger partial charge in [-0.15, -0.1) is 0 Å². The number of aromatic nitrogens is 2. The molecule has 0 aliphatic rings. The van der Waals surface area contributed by atoms with Crippen LogP contribution in [0.4, 0.5) is 11.4 Å². The largest absolute Gasteiger partial charge is 2.00 e. The monoisotopic (exact) mass is 619 g/mol. The van der Waals surface area contributed by atoms with Crippen LogP contribution in [0.1, 0.15) is 21.0 Å². The summed E-state index contributed by atoms with van der Waals surface area (Å²) in [5, 5.41) is 35.0. The molecular formula is C24H24CuN6O10. The van der Waals surface area contributed by atoms with E-state index in [1.165, 1.54) is 0 Å². The van der Waals surface area contributed by atoms with Gasteiger partial charge >= 0.3 is 17.1 Å². The van der Waals surface area contributed by atoms with E-state index >= 15 is 0 Å². The van der Waals surface area contributed by atoms with Gasteiger partial charge in [-0.25, -0.2) is 0 Å². The smallest absolute Gasteiger partial charge is 0.412 e. The van der Waals surface area contributed by atoms with Crippen molar-refractivity contribution in [2.75, 3.05) is 10.6 Å². The number of para-hydroxylation sites is 2. The van der Waals surface area contributed by atoms with Gasteiger partial charge in [0.15, 0.2) is 0 Å². The van der Waals surface area contributed by atoms with Crippen molar-refractivity contribution in [3.63, 3.8) is 0 Å². The number of amides is 2. The predicted molar refractivity (Wildman–Crippen MR) is 145 cm³/mol. The third-order valence-corrected chi connectivity index (χ3v) is 3.86. The van der Waals surface area contributed by atoms with Crippen LogP contribution in [0.5, 0.6) is 0 Å². The number of carbonyl (C=O) groups excluding carboxylic acids is 2. The number of hydrogen-bond acceptors (Lipinski definition) is 10. The summed E-state index contributed by atoms with van der Waals surface area (Å²) < 4.78 is 0. The van der Waals surface area contributed by atoms with E-state index in [0.29, 0.717) is 11.4 Å². The molecule has 1 radical (unpaired) electrons. The molecule has 0 unspecified atom stereocenters. The second kappa shape index (κ2) is 23.6. The number of nitrogens with one attached hydrogen (secondary N) is 2. The van der Waals surface area contributed by atoms with Crippen molar-refractivity contribution in [1.82, 2.24) is 9.97 Å². The standard InChI is InChI=1S/2C12H10N2O.Cu.2NO3.2H2O/c2*15-12(11-8-4-5-9-13-11)14-10-6-2-1-3-7-10;;2*2-1(3)4;;/h2*1-9H,(H,14,15);;;;2*1H2/q;;+2;2*-1;;. The number of benzene rings is 2. The van der Waals surface area contributed by atoms with E-state index in [1.54, 1.807) is 48.8 Å². The van der Waals surface area contributed by atoms with Crippen molar-refractivity contribution >= 4 is 23.2 Å². The average molecular weight is 620 g/mol. The van der Waals surface area contributed by atoms with Crippen molar-refractivity contribution in [2.45, 2.75) is 0 Å². The molecule has 2 aromatic carbocycles. The molecular weight excluding hydrogens is 596 g/mol. The number of rotatable bonds is 4. The van der Waals surface area contributed by atoms with Crippen molar-refractivity contribution in [2.24, 2.45) is 0 Å². The van der Waals surface area contributed by atoms with Gasteiger partial charge in [-0.3, -0.25) is 19.6 Å². The van der Waals surface area contributed by atoms with Crippen LogP contribution in [-0.4, -0.2) is 42.9 Å². The second-order valence-corrected chi connectivity index (χ2v) is 6.52. The fraction of sp³-hybridized carbons (Fsp3) is 0. The van der Waals surface area contributed by atoms with E-state index in [2.05, 4.69) is 20.6 Å². The van der Waals surface area contributed by atoms with Gasteiger partial charge in [0.05, 0.1) is 10.2 Å². The first kappa shape index (κ1) is 40.0. The van der Waals surface area contributed by atoms with Gasteiger partial charge in [-0.1, -0.05) is 48.5 Å². The Kier molecular flexibility index (Phi) is 23.1. The van der Waals surface area contributed by atoms with Gasteiger partial charge < -0.3 is 52.2 Å².